The molecule has 1 heterocycles. The lowest BCUT2D eigenvalue weighted by atomic mass is 10.1. The Morgan fingerprint density at radius 3 is 2.60 bits per heavy atom. The first-order valence-electron chi connectivity index (χ1n) is 8.70. The molecule has 0 fully saturated rings. The molecular formula is C19H26N4O2. The number of carbonyl (C=O) groups is 1. The molecule has 6 heteroatoms. The fraction of sp³-hybridized carbons (Fsp3) is 0.421. The number of rotatable bonds is 10. The van der Waals surface area contributed by atoms with Gasteiger partial charge in [-0.15, -0.1) is 0 Å². The molecule has 2 rings (SSSR count). The molecule has 0 saturated heterocycles. The summed E-state index contributed by atoms with van der Waals surface area (Å²) in [6.07, 6.45) is 7.14. The number of carbonyl (C=O) groups excluding carboxylic acids is 1. The minimum absolute atomic E-state index is 0.128. The average molecular weight is 342 g/mol. The van der Waals surface area contributed by atoms with Gasteiger partial charge in [-0.2, -0.15) is 0 Å². The summed E-state index contributed by atoms with van der Waals surface area (Å²) in [4.78, 5) is 20.4. The Balaban J connectivity index is 1.79. The van der Waals surface area contributed by atoms with Crippen LogP contribution in [0.4, 0.5) is 5.95 Å². The van der Waals surface area contributed by atoms with Gasteiger partial charge >= 0.3 is 0 Å². The Hall–Kier alpha value is -2.63. The number of aromatic nitrogens is 2. The third-order valence-electron chi connectivity index (χ3n) is 3.85. The van der Waals surface area contributed by atoms with Gasteiger partial charge in [0.25, 0.3) is 5.91 Å². The summed E-state index contributed by atoms with van der Waals surface area (Å²) in [7, 11) is 1.67. The number of amides is 1. The zero-order chi connectivity index (χ0) is 17.9. The first-order valence-corrected chi connectivity index (χ1v) is 8.70. The Morgan fingerprint density at radius 1 is 1.12 bits per heavy atom. The number of nitrogens with zero attached hydrogens (tertiary/aromatic N) is 2. The number of hydrogen-bond acceptors (Lipinski definition) is 5. The highest BCUT2D eigenvalue weighted by molar-refractivity contribution is 5.93. The second kappa shape index (κ2) is 10.3. The van der Waals surface area contributed by atoms with Crippen molar-refractivity contribution < 1.29 is 9.53 Å². The van der Waals surface area contributed by atoms with Gasteiger partial charge in [-0.3, -0.25) is 4.79 Å². The number of para-hydroxylation sites is 1. The van der Waals surface area contributed by atoms with Crippen LogP contribution in [0.5, 0.6) is 5.75 Å². The fourth-order valence-electron chi connectivity index (χ4n) is 2.43. The van der Waals surface area contributed by atoms with Crippen molar-refractivity contribution in [2.75, 3.05) is 25.5 Å². The number of unbranched alkanes of at least 4 members (excludes halogenated alkanes) is 2. The van der Waals surface area contributed by atoms with Crippen molar-refractivity contribution in [2.24, 2.45) is 0 Å². The molecule has 0 unspecified atom stereocenters. The minimum atomic E-state index is -0.128. The molecule has 0 bridgehead atoms. The Kier molecular flexibility index (Phi) is 7.69. The third kappa shape index (κ3) is 6.06. The summed E-state index contributed by atoms with van der Waals surface area (Å²) >= 11 is 0. The van der Waals surface area contributed by atoms with Crippen LogP contribution in [0.3, 0.4) is 0 Å². The van der Waals surface area contributed by atoms with Crippen molar-refractivity contribution in [3.8, 4) is 5.75 Å². The van der Waals surface area contributed by atoms with E-state index in [1.54, 1.807) is 19.5 Å². The van der Waals surface area contributed by atoms with Crippen molar-refractivity contribution in [1.82, 2.24) is 15.3 Å². The molecule has 6 nitrogen and oxygen atoms in total. The molecular weight excluding hydrogens is 316 g/mol. The zero-order valence-electron chi connectivity index (χ0n) is 14.9. The average Bonchev–Trinajstić information content (AvgIpc) is 2.66. The van der Waals surface area contributed by atoms with Crippen LogP contribution >= 0.6 is 0 Å². The first kappa shape index (κ1) is 18.7. The summed E-state index contributed by atoms with van der Waals surface area (Å²) in [5.74, 6) is 1.26. The van der Waals surface area contributed by atoms with E-state index in [1.807, 2.05) is 24.3 Å². The van der Waals surface area contributed by atoms with Crippen LogP contribution in [0.25, 0.3) is 0 Å². The molecule has 0 aliphatic rings. The molecule has 134 valence electrons. The maximum absolute atomic E-state index is 12.0. The van der Waals surface area contributed by atoms with Gasteiger partial charge in [0, 0.05) is 25.5 Å². The summed E-state index contributed by atoms with van der Waals surface area (Å²) in [5, 5.41) is 6.04. The van der Waals surface area contributed by atoms with Gasteiger partial charge in [-0.05, 0) is 24.5 Å². The van der Waals surface area contributed by atoms with E-state index in [0.717, 1.165) is 37.0 Å². The van der Waals surface area contributed by atoms with Crippen molar-refractivity contribution in [2.45, 2.75) is 32.6 Å². The largest absolute Gasteiger partial charge is 0.496 e. The molecule has 1 aromatic carbocycles. The Morgan fingerprint density at radius 2 is 1.88 bits per heavy atom. The molecule has 2 N–H and O–H groups in total. The SMILES string of the molecule is CCCCCNC(=O)c1cnc(NCCc2ccccc2OC)nc1. The van der Waals surface area contributed by atoms with Crippen LogP contribution in [-0.4, -0.2) is 36.1 Å². The summed E-state index contributed by atoms with van der Waals surface area (Å²) in [5.41, 5.74) is 1.60. The van der Waals surface area contributed by atoms with E-state index in [1.165, 1.54) is 0 Å². The summed E-state index contributed by atoms with van der Waals surface area (Å²) in [6.45, 7) is 3.50. The molecule has 0 atom stereocenters. The van der Waals surface area contributed by atoms with E-state index in [2.05, 4.69) is 27.5 Å². The van der Waals surface area contributed by atoms with E-state index >= 15 is 0 Å². The summed E-state index contributed by atoms with van der Waals surface area (Å²) in [6, 6.07) is 7.92. The van der Waals surface area contributed by atoms with Gasteiger partial charge < -0.3 is 15.4 Å². The van der Waals surface area contributed by atoms with Crippen molar-refractivity contribution >= 4 is 11.9 Å². The van der Waals surface area contributed by atoms with E-state index in [-0.39, 0.29) is 5.91 Å². The predicted octanol–water partition coefficient (Wildman–Crippen LogP) is 3.06. The molecule has 0 saturated carbocycles. The van der Waals surface area contributed by atoms with Crippen LogP contribution < -0.4 is 15.4 Å². The van der Waals surface area contributed by atoms with Gasteiger partial charge in [-0.25, -0.2) is 9.97 Å². The first-order chi connectivity index (χ1) is 12.2. The topological polar surface area (TPSA) is 76.1 Å². The minimum Gasteiger partial charge on any atom is -0.496 e. The van der Waals surface area contributed by atoms with Gasteiger partial charge in [0.05, 0.1) is 12.7 Å². The lowest BCUT2D eigenvalue weighted by molar-refractivity contribution is 0.0952. The molecule has 1 amide bonds. The van der Waals surface area contributed by atoms with E-state index in [0.29, 0.717) is 24.6 Å². The van der Waals surface area contributed by atoms with E-state index < -0.39 is 0 Å². The molecule has 1 aromatic heterocycles. The Labute approximate surface area is 149 Å². The second-order valence-electron chi connectivity index (χ2n) is 5.75. The van der Waals surface area contributed by atoms with Crippen molar-refractivity contribution in [1.29, 1.82) is 0 Å². The number of benzene rings is 1. The van der Waals surface area contributed by atoms with E-state index in [4.69, 9.17) is 4.74 Å². The Bertz CT molecular complexity index is 659. The zero-order valence-corrected chi connectivity index (χ0v) is 14.9. The lowest BCUT2D eigenvalue weighted by Gasteiger charge is -2.09. The maximum atomic E-state index is 12.0. The van der Waals surface area contributed by atoms with Crippen LogP contribution in [0.1, 0.15) is 42.1 Å². The van der Waals surface area contributed by atoms with Crippen LogP contribution in [0.2, 0.25) is 0 Å². The molecule has 0 aliphatic heterocycles. The number of anilines is 1. The molecule has 0 spiro atoms. The number of methoxy groups -OCH3 is 1. The lowest BCUT2D eigenvalue weighted by Crippen LogP contribution is -2.24. The van der Waals surface area contributed by atoms with Crippen LogP contribution in [-0.2, 0) is 6.42 Å². The van der Waals surface area contributed by atoms with Gasteiger partial charge in [0.15, 0.2) is 0 Å². The summed E-state index contributed by atoms with van der Waals surface area (Å²) < 4.78 is 5.33. The normalized spacial score (nSPS) is 10.3. The van der Waals surface area contributed by atoms with Crippen LogP contribution in [0.15, 0.2) is 36.7 Å². The highest BCUT2D eigenvalue weighted by Crippen LogP contribution is 2.17. The highest BCUT2D eigenvalue weighted by Gasteiger charge is 2.07. The third-order valence-corrected chi connectivity index (χ3v) is 3.85. The molecule has 0 radical (unpaired) electrons. The van der Waals surface area contributed by atoms with Crippen LogP contribution in [0, 0.1) is 0 Å². The quantitative estimate of drug-likeness (QED) is 0.649. The smallest absolute Gasteiger partial charge is 0.254 e. The van der Waals surface area contributed by atoms with Crippen molar-refractivity contribution in [3.63, 3.8) is 0 Å². The second-order valence-corrected chi connectivity index (χ2v) is 5.75. The predicted molar refractivity (Wildman–Crippen MR) is 99.1 cm³/mol. The standard InChI is InChI=1S/C19H26N4O2/c1-3-4-7-11-20-18(24)16-13-22-19(23-14-16)21-12-10-15-8-5-6-9-17(15)25-2/h5-6,8-9,13-14H,3-4,7,10-12H2,1-2H3,(H,20,24)(H,21,22,23). The number of ether oxygens (including phenoxy) is 1. The fourth-order valence-corrected chi connectivity index (χ4v) is 2.43. The monoisotopic (exact) mass is 342 g/mol. The number of hydrogen-bond donors (Lipinski definition) is 2. The maximum Gasteiger partial charge on any atom is 0.254 e. The van der Waals surface area contributed by atoms with E-state index in [9.17, 15) is 4.79 Å². The highest BCUT2D eigenvalue weighted by atomic mass is 16.5. The van der Waals surface area contributed by atoms with Gasteiger partial charge in [0.2, 0.25) is 5.95 Å². The van der Waals surface area contributed by atoms with Gasteiger partial charge in [0.1, 0.15) is 5.75 Å². The number of nitrogens with one attached hydrogen (secondary N) is 2. The molecule has 0 aliphatic carbocycles. The van der Waals surface area contributed by atoms with Gasteiger partial charge in [-0.1, -0.05) is 38.0 Å². The molecule has 25 heavy (non-hydrogen) atoms. The molecule has 2 aromatic rings. The van der Waals surface area contributed by atoms with Crippen molar-refractivity contribution in [3.05, 3.63) is 47.8 Å².